The molecule has 1 aliphatic heterocycles. The number of ether oxygens (including phenoxy) is 2. The van der Waals surface area contributed by atoms with Crippen molar-refractivity contribution in [2.24, 2.45) is 0 Å². The average Bonchev–Trinajstić information content (AvgIpc) is 2.67. The maximum absolute atomic E-state index is 11.8. The second kappa shape index (κ2) is 8.33. The number of morpholine rings is 1. The van der Waals surface area contributed by atoms with Crippen molar-refractivity contribution in [3.63, 3.8) is 0 Å². The molecule has 0 amide bonds. The molecular weight excluding hydrogens is 322 g/mol. The van der Waals surface area contributed by atoms with Gasteiger partial charge in [0.15, 0.2) is 0 Å². The third-order valence-corrected chi connectivity index (χ3v) is 5.08. The minimum atomic E-state index is -0.298. The fourth-order valence-corrected chi connectivity index (χ4v) is 3.68. The smallest absolute Gasteiger partial charge is 0.338 e. The SMILES string of the molecule is COC(=O)c1ccccc1SCc1cccc([C@H]2CNCCO2)c1. The van der Waals surface area contributed by atoms with Gasteiger partial charge in [0.2, 0.25) is 0 Å². The van der Waals surface area contributed by atoms with E-state index >= 15 is 0 Å². The number of carbonyl (C=O) groups excluding carboxylic acids is 1. The summed E-state index contributed by atoms with van der Waals surface area (Å²) in [4.78, 5) is 12.8. The van der Waals surface area contributed by atoms with Gasteiger partial charge in [0.1, 0.15) is 0 Å². The van der Waals surface area contributed by atoms with Crippen molar-refractivity contribution in [2.45, 2.75) is 16.8 Å². The van der Waals surface area contributed by atoms with Gasteiger partial charge in [0, 0.05) is 23.7 Å². The molecular formula is C19H21NO3S. The summed E-state index contributed by atoms with van der Waals surface area (Å²) in [6.07, 6.45) is 0.117. The predicted molar refractivity (Wildman–Crippen MR) is 95.3 cm³/mol. The van der Waals surface area contributed by atoms with E-state index < -0.39 is 0 Å². The van der Waals surface area contributed by atoms with Crippen LogP contribution < -0.4 is 5.32 Å². The van der Waals surface area contributed by atoms with Crippen molar-refractivity contribution in [1.29, 1.82) is 0 Å². The van der Waals surface area contributed by atoms with Crippen molar-refractivity contribution < 1.29 is 14.3 Å². The molecule has 0 aliphatic carbocycles. The molecule has 2 aromatic carbocycles. The van der Waals surface area contributed by atoms with Gasteiger partial charge in [-0.25, -0.2) is 4.79 Å². The molecule has 126 valence electrons. The maximum atomic E-state index is 11.8. The van der Waals surface area contributed by atoms with Gasteiger partial charge in [-0.05, 0) is 23.3 Å². The molecule has 0 radical (unpaired) electrons. The van der Waals surface area contributed by atoms with E-state index in [2.05, 4.69) is 29.6 Å². The first kappa shape index (κ1) is 17.0. The summed E-state index contributed by atoms with van der Waals surface area (Å²) in [5.41, 5.74) is 3.02. The van der Waals surface area contributed by atoms with Gasteiger partial charge in [-0.15, -0.1) is 11.8 Å². The average molecular weight is 343 g/mol. The number of esters is 1. The summed E-state index contributed by atoms with van der Waals surface area (Å²) in [6, 6.07) is 16.0. The molecule has 4 nitrogen and oxygen atoms in total. The number of hydrogen-bond donors (Lipinski definition) is 1. The topological polar surface area (TPSA) is 47.6 Å². The summed E-state index contributed by atoms with van der Waals surface area (Å²) in [5, 5.41) is 3.36. The number of carbonyl (C=O) groups is 1. The first-order chi connectivity index (χ1) is 11.8. The van der Waals surface area contributed by atoms with Crippen LogP contribution in [-0.2, 0) is 15.2 Å². The Hall–Kier alpha value is -1.82. The minimum absolute atomic E-state index is 0.117. The highest BCUT2D eigenvalue weighted by atomic mass is 32.2. The van der Waals surface area contributed by atoms with Crippen molar-refractivity contribution in [3.8, 4) is 0 Å². The highest BCUT2D eigenvalue weighted by Crippen LogP contribution is 2.28. The molecule has 5 heteroatoms. The van der Waals surface area contributed by atoms with Crippen LogP contribution in [0.15, 0.2) is 53.4 Å². The zero-order valence-electron chi connectivity index (χ0n) is 13.7. The number of thioether (sulfide) groups is 1. The van der Waals surface area contributed by atoms with Crippen molar-refractivity contribution in [2.75, 3.05) is 26.8 Å². The molecule has 3 rings (SSSR count). The summed E-state index contributed by atoms with van der Waals surface area (Å²) in [5.74, 6) is 0.496. The number of rotatable bonds is 5. The number of nitrogens with one attached hydrogen (secondary N) is 1. The van der Waals surface area contributed by atoms with E-state index in [4.69, 9.17) is 9.47 Å². The van der Waals surface area contributed by atoms with Crippen LogP contribution in [-0.4, -0.2) is 32.8 Å². The Balaban J connectivity index is 1.70. The summed E-state index contributed by atoms with van der Waals surface area (Å²) < 4.78 is 10.7. The Morgan fingerprint density at radius 2 is 2.17 bits per heavy atom. The summed E-state index contributed by atoms with van der Waals surface area (Å²) in [7, 11) is 1.41. The van der Waals surface area contributed by atoms with Crippen molar-refractivity contribution in [1.82, 2.24) is 5.32 Å². The maximum Gasteiger partial charge on any atom is 0.338 e. The van der Waals surface area contributed by atoms with Crippen LogP contribution >= 0.6 is 11.8 Å². The Labute approximate surface area is 146 Å². The van der Waals surface area contributed by atoms with Gasteiger partial charge in [0.05, 0.1) is 25.4 Å². The lowest BCUT2D eigenvalue weighted by Crippen LogP contribution is -2.33. The molecule has 0 saturated carbocycles. The highest BCUT2D eigenvalue weighted by molar-refractivity contribution is 7.98. The summed E-state index contributed by atoms with van der Waals surface area (Å²) >= 11 is 1.64. The molecule has 1 aliphatic rings. The molecule has 0 spiro atoms. The molecule has 1 N–H and O–H groups in total. The van der Waals surface area contributed by atoms with E-state index in [0.29, 0.717) is 5.56 Å². The van der Waals surface area contributed by atoms with E-state index in [1.54, 1.807) is 17.8 Å². The lowest BCUT2D eigenvalue weighted by Gasteiger charge is -2.24. The second-order valence-electron chi connectivity index (χ2n) is 5.59. The standard InChI is InChI=1S/C19H21NO3S/c1-22-19(21)16-7-2-3-8-18(16)24-13-14-5-4-6-15(11-14)17-12-20-9-10-23-17/h2-8,11,17,20H,9-10,12-13H2,1H3/t17-/m1/s1. The van der Waals surface area contributed by atoms with Crippen LogP contribution in [0.4, 0.5) is 0 Å². The highest BCUT2D eigenvalue weighted by Gasteiger charge is 2.16. The molecule has 0 bridgehead atoms. The number of methoxy groups -OCH3 is 1. The lowest BCUT2D eigenvalue weighted by molar-refractivity contribution is 0.0276. The van der Waals surface area contributed by atoms with E-state index in [0.717, 1.165) is 30.3 Å². The Bertz CT molecular complexity index is 699. The molecule has 1 saturated heterocycles. The predicted octanol–water partition coefficient (Wildman–Crippen LogP) is 3.43. The summed E-state index contributed by atoms with van der Waals surface area (Å²) in [6.45, 7) is 2.51. The van der Waals surface area contributed by atoms with Gasteiger partial charge >= 0.3 is 5.97 Å². The third-order valence-electron chi connectivity index (χ3n) is 3.94. The first-order valence-corrected chi connectivity index (χ1v) is 8.98. The third kappa shape index (κ3) is 4.17. The van der Waals surface area contributed by atoms with Crippen molar-refractivity contribution >= 4 is 17.7 Å². The van der Waals surface area contributed by atoms with Crippen LogP contribution in [0.2, 0.25) is 0 Å². The first-order valence-electron chi connectivity index (χ1n) is 7.99. The monoisotopic (exact) mass is 343 g/mol. The fraction of sp³-hybridized carbons (Fsp3) is 0.316. The molecule has 0 unspecified atom stereocenters. The van der Waals surface area contributed by atoms with Crippen LogP contribution in [0, 0.1) is 0 Å². The molecule has 1 atom stereocenters. The van der Waals surface area contributed by atoms with E-state index in [9.17, 15) is 4.79 Å². The Morgan fingerprint density at radius 1 is 1.29 bits per heavy atom. The molecule has 2 aromatic rings. The van der Waals surface area contributed by atoms with Crippen LogP contribution in [0.25, 0.3) is 0 Å². The van der Waals surface area contributed by atoms with Crippen LogP contribution in [0.3, 0.4) is 0 Å². The zero-order valence-corrected chi connectivity index (χ0v) is 14.5. The van der Waals surface area contributed by atoms with Gasteiger partial charge in [-0.3, -0.25) is 0 Å². The van der Waals surface area contributed by atoms with Crippen molar-refractivity contribution in [3.05, 3.63) is 65.2 Å². The van der Waals surface area contributed by atoms with Gasteiger partial charge in [0.25, 0.3) is 0 Å². The molecule has 0 aromatic heterocycles. The number of benzene rings is 2. The van der Waals surface area contributed by atoms with E-state index in [1.165, 1.54) is 18.2 Å². The van der Waals surface area contributed by atoms with Gasteiger partial charge in [-0.2, -0.15) is 0 Å². The van der Waals surface area contributed by atoms with Gasteiger partial charge < -0.3 is 14.8 Å². The van der Waals surface area contributed by atoms with Crippen LogP contribution in [0.1, 0.15) is 27.6 Å². The molecule has 24 heavy (non-hydrogen) atoms. The minimum Gasteiger partial charge on any atom is -0.465 e. The normalized spacial score (nSPS) is 17.5. The lowest BCUT2D eigenvalue weighted by atomic mass is 10.1. The van der Waals surface area contributed by atoms with Crippen LogP contribution in [0.5, 0.6) is 0 Å². The fourth-order valence-electron chi connectivity index (χ4n) is 2.69. The molecule has 1 fully saturated rings. The zero-order chi connectivity index (χ0) is 16.8. The quantitative estimate of drug-likeness (QED) is 0.666. The number of hydrogen-bond acceptors (Lipinski definition) is 5. The Morgan fingerprint density at radius 3 is 2.96 bits per heavy atom. The van der Waals surface area contributed by atoms with E-state index in [1.807, 2.05) is 18.2 Å². The van der Waals surface area contributed by atoms with E-state index in [-0.39, 0.29) is 12.1 Å². The second-order valence-corrected chi connectivity index (χ2v) is 6.60. The Kier molecular flexibility index (Phi) is 5.91. The largest absolute Gasteiger partial charge is 0.465 e. The van der Waals surface area contributed by atoms with Gasteiger partial charge in [-0.1, -0.05) is 36.4 Å². The molecule has 1 heterocycles.